The number of aromatic nitrogens is 5. The summed E-state index contributed by atoms with van der Waals surface area (Å²) in [5, 5.41) is 13.9. The van der Waals surface area contributed by atoms with Crippen molar-refractivity contribution in [2.75, 3.05) is 17.6 Å². The number of hydrogen-bond donors (Lipinski definition) is 4. The Balaban J connectivity index is 1.55. The number of nitrogens with zero attached hydrogens (tertiary/aromatic N) is 5. The first-order chi connectivity index (χ1) is 16.9. The standard InChI is InChI=1S/C23H22ClN9O2/c1-33-8-5-16(32-33)20-19(13-9-12-3-2-6-27-18(12)15(24)10-13)30-22(21(25)29-20)31-23(35)28-14-4-7-26-17(34)11-14/h2-3,5-6,8-10,14H,4,7,11H2,1H3,(H2,25,29)(H,26,34)(H2,28,30,31,35). The number of aryl methyl sites for hydroxylation is 1. The molecule has 3 aromatic heterocycles. The van der Waals surface area contributed by atoms with Gasteiger partial charge in [-0.15, -0.1) is 0 Å². The molecule has 1 aliphatic heterocycles. The van der Waals surface area contributed by atoms with Crippen LogP contribution in [0.25, 0.3) is 33.5 Å². The van der Waals surface area contributed by atoms with Gasteiger partial charge in [0.25, 0.3) is 0 Å². The smallest absolute Gasteiger partial charge is 0.320 e. The summed E-state index contributed by atoms with van der Waals surface area (Å²) in [6.07, 6.45) is 4.30. The molecule has 178 valence electrons. The molecule has 1 fully saturated rings. The molecule has 35 heavy (non-hydrogen) atoms. The number of hydrogen-bond acceptors (Lipinski definition) is 7. The summed E-state index contributed by atoms with van der Waals surface area (Å²) in [7, 11) is 1.80. The van der Waals surface area contributed by atoms with Gasteiger partial charge in [-0.05, 0) is 30.7 Å². The van der Waals surface area contributed by atoms with Gasteiger partial charge in [-0.3, -0.25) is 19.8 Å². The molecule has 1 aliphatic rings. The van der Waals surface area contributed by atoms with Gasteiger partial charge in [0.05, 0.1) is 10.5 Å². The molecule has 0 saturated carbocycles. The largest absolute Gasteiger partial charge is 0.381 e. The number of halogens is 1. The topological polar surface area (TPSA) is 153 Å². The average molecular weight is 492 g/mol. The summed E-state index contributed by atoms with van der Waals surface area (Å²) in [5.74, 6) is 0.00451. The lowest BCUT2D eigenvalue weighted by Crippen LogP contribution is -2.46. The van der Waals surface area contributed by atoms with E-state index in [1.807, 2.05) is 18.2 Å². The highest BCUT2D eigenvalue weighted by atomic mass is 35.5. The minimum atomic E-state index is -0.525. The van der Waals surface area contributed by atoms with Crippen molar-refractivity contribution in [3.63, 3.8) is 0 Å². The zero-order valence-electron chi connectivity index (χ0n) is 18.7. The van der Waals surface area contributed by atoms with Gasteiger partial charge in [-0.25, -0.2) is 14.8 Å². The van der Waals surface area contributed by atoms with Crippen molar-refractivity contribution >= 4 is 46.1 Å². The molecule has 3 amide bonds. The van der Waals surface area contributed by atoms with Gasteiger partial charge >= 0.3 is 6.03 Å². The van der Waals surface area contributed by atoms with Gasteiger partial charge in [0.15, 0.2) is 11.6 Å². The van der Waals surface area contributed by atoms with E-state index in [0.717, 1.165) is 5.39 Å². The summed E-state index contributed by atoms with van der Waals surface area (Å²) in [5.41, 5.74) is 8.96. The van der Waals surface area contributed by atoms with Crippen LogP contribution in [0.1, 0.15) is 12.8 Å². The number of nitrogen functional groups attached to an aromatic ring is 1. The highest BCUT2D eigenvalue weighted by Gasteiger charge is 2.23. The first kappa shape index (κ1) is 22.5. The molecule has 0 bridgehead atoms. The van der Waals surface area contributed by atoms with E-state index in [-0.39, 0.29) is 30.0 Å². The summed E-state index contributed by atoms with van der Waals surface area (Å²) >= 11 is 6.52. The number of urea groups is 1. The summed E-state index contributed by atoms with van der Waals surface area (Å²) < 4.78 is 1.65. The van der Waals surface area contributed by atoms with Crippen molar-refractivity contribution in [1.82, 2.24) is 35.4 Å². The third-order valence-electron chi connectivity index (χ3n) is 5.62. The third kappa shape index (κ3) is 4.71. The van der Waals surface area contributed by atoms with Crippen LogP contribution in [-0.2, 0) is 11.8 Å². The number of nitrogens with two attached hydrogens (primary N) is 1. The summed E-state index contributed by atoms with van der Waals surface area (Å²) in [4.78, 5) is 37.8. The van der Waals surface area contributed by atoms with E-state index in [1.165, 1.54) is 0 Å². The van der Waals surface area contributed by atoms with Gasteiger partial charge in [0, 0.05) is 49.4 Å². The van der Waals surface area contributed by atoms with E-state index in [4.69, 9.17) is 17.3 Å². The van der Waals surface area contributed by atoms with E-state index in [9.17, 15) is 9.59 Å². The zero-order valence-corrected chi connectivity index (χ0v) is 19.5. The molecular formula is C23H22ClN9O2. The van der Waals surface area contributed by atoms with Crippen LogP contribution in [0.5, 0.6) is 0 Å². The molecule has 1 unspecified atom stereocenters. The maximum atomic E-state index is 12.7. The molecule has 0 spiro atoms. The SMILES string of the molecule is Cn1ccc(-c2nc(N)c(NC(=O)NC3CCNC(=O)C3)nc2-c2cc(Cl)c3ncccc3c2)n1. The molecule has 12 heteroatoms. The quantitative estimate of drug-likeness (QED) is 0.342. The minimum Gasteiger partial charge on any atom is -0.381 e. The first-order valence-corrected chi connectivity index (χ1v) is 11.3. The van der Waals surface area contributed by atoms with E-state index >= 15 is 0 Å². The van der Waals surface area contributed by atoms with Crippen molar-refractivity contribution in [3.05, 3.63) is 47.7 Å². The fourth-order valence-corrected chi connectivity index (χ4v) is 4.26. The Morgan fingerprint density at radius 2 is 2.11 bits per heavy atom. The lowest BCUT2D eigenvalue weighted by atomic mass is 10.0. The maximum Gasteiger partial charge on any atom is 0.320 e. The minimum absolute atomic E-state index is 0.0273. The lowest BCUT2D eigenvalue weighted by Gasteiger charge is -2.23. The Bertz CT molecular complexity index is 1450. The number of pyridine rings is 1. The summed E-state index contributed by atoms with van der Waals surface area (Å²) in [6.45, 7) is 0.506. The second-order valence-electron chi connectivity index (χ2n) is 8.20. The predicted octanol–water partition coefficient (Wildman–Crippen LogP) is 2.73. The molecule has 11 nitrogen and oxygen atoms in total. The first-order valence-electron chi connectivity index (χ1n) is 10.9. The van der Waals surface area contributed by atoms with Crippen LogP contribution in [0.2, 0.25) is 5.02 Å². The van der Waals surface area contributed by atoms with Gasteiger partial charge in [0.2, 0.25) is 5.91 Å². The molecule has 5 N–H and O–H groups in total. The van der Waals surface area contributed by atoms with Crippen molar-refractivity contribution in [3.8, 4) is 22.6 Å². The Labute approximate surface area is 205 Å². The lowest BCUT2D eigenvalue weighted by molar-refractivity contribution is -0.122. The Hall–Kier alpha value is -4.25. The van der Waals surface area contributed by atoms with Crippen LogP contribution >= 0.6 is 11.6 Å². The highest BCUT2D eigenvalue weighted by molar-refractivity contribution is 6.35. The Morgan fingerprint density at radius 3 is 2.89 bits per heavy atom. The number of carbonyl (C=O) groups is 2. The summed E-state index contributed by atoms with van der Waals surface area (Å²) in [6, 6.07) is 8.35. The van der Waals surface area contributed by atoms with Crippen LogP contribution in [0.4, 0.5) is 16.4 Å². The van der Waals surface area contributed by atoms with Crippen LogP contribution in [-0.4, -0.2) is 49.3 Å². The van der Waals surface area contributed by atoms with Crippen molar-refractivity contribution < 1.29 is 9.59 Å². The van der Waals surface area contributed by atoms with Crippen molar-refractivity contribution in [1.29, 1.82) is 0 Å². The highest BCUT2D eigenvalue weighted by Crippen LogP contribution is 2.35. The molecule has 4 aromatic rings. The maximum absolute atomic E-state index is 12.7. The van der Waals surface area contributed by atoms with E-state index in [2.05, 4.69) is 36.0 Å². The molecule has 1 saturated heterocycles. The van der Waals surface area contributed by atoms with Gasteiger partial charge in [-0.2, -0.15) is 5.10 Å². The molecule has 5 rings (SSSR count). The van der Waals surface area contributed by atoms with E-state index < -0.39 is 6.03 Å². The average Bonchev–Trinajstić information content (AvgIpc) is 3.26. The number of rotatable bonds is 4. The van der Waals surface area contributed by atoms with Crippen LogP contribution in [0.3, 0.4) is 0 Å². The van der Waals surface area contributed by atoms with Crippen molar-refractivity contribution in [2.45, 2.75) is 18.9 Å². The number of nitrogens with one attached hydrogen (secondary N) is 3. The second-order valence-corrected chi connectivity index (χ2v) is 8.61. The fourth-order valence-electron chi connectivity index (χ4n) is 3.98. The van der Waals surface area contributed by atoms with Gasteiger partial charge in [0.1, 0.15) is 17.1 Å². The molecule has 1 atom stereocenters. The number of fused-ring (bicyclic) bond motifs is 1. The van der Waals surface area contributed by atoms with Crippen LogP contribution in [0.15, 0.2) is 42.7 Å². The molecular weight excluding hydrogens is 470 g/mol. The number of anilines is 2. The second kappa shape index (κ2) is 9.18. The molecule has 1 aromatic carbocycles. The number of piperidine rings is 1. The molecule has 0 aliphatic carbocycles. The Morgan fingerprint density at radius 1 is 1.26 bits per heavy atom. The molecule has 4 heterocycles. The predicted molar refractivity (Wildman–Crippen MR) is 133 cm³/mol. The van der Waals surface area contributed by atoms with E-state index in [0.29, 0.717) is 46.2 Å². The number of benzene rings is 1. The zero-order chi connectivity index (χ0) is 24.5. The van der Waals surface area contributed by atoms with E-state index in [1.54, 1.807) is 36.3 Å². The van der Waals surface area contributed by atoms with Crippen molar-refractivity contribution in [2.24, 2.45) is 7.05 Å². The fraction of sp³-hybridized carbons (Fsp3) is 0.217. The monoisotopic (exact) mass is 491 g/mol. The third-order valence-corrected chi connectivity index (χ3v) is 5.91. The van der Waals surface area contributed by atoms with Gasteiger partial charge in [-0.1, -0.05) is 17.7 Å². The van der Waals surface area contributed by atoms with Gasteiger partial charge < -0.3 is 16.4 Å². The number of carbonyl (C=O) groups excluding carboxylic acids is 2. The number of amides is 3. The van der Waals surface area contributed by atoms with Crippen LogP contribution in [0, 0.1) is 0 Å². The Kier molecular flexibility index (Phi) is 5.91. The normalized spacial score (nSPS) is 15.6. The molecule has 0 radical (unpaired) electrons. The van der Waals surface area contributed by atoms with Crippen LogP contribution < -0.4 is 21.7 Å².